The molecular weight excluding hydrogens is 288 g/mol. The summed E-state index contributed by atoms with van der Waals surface area (Å²) in [5, 5.41) is 0. The van der Waals surface area contributed by atoms with Crippen LogP contribution in [0, 0.1) is 0 Å². The van der Waals surface area contributed by atoms with Gasteiger partial charge in [-0.05, 0) is 17.7 Å². The van der Waals surface area contributed by atoms with E-state index in [1.54, 1.807) is 18.2 Å². The molecule has 0 atom stereocenters. The quantitative estimate of drug-likeness (QED) is 0.407. The number of halogens is 1. The molecule has 0 amide bonds. The van der Waals surface area contributed by atoms with Crippen LogP contribution in [0.2, 0.25) is 0 Å². The lowest BCUT2D eigenvalue weighted by atomic mass is 9.97. The number of aliphatic imine (C=N–C) groups is 1. The van der Waals surface area contributed by atoms with Gasteiger partial charge in [-0.3, -0.25) is 0 Å². The van der Waals surface area contributed by atoms with Gasteiger partial charge in [0, 0.05) is 5.56 Å². The fraction of sp³-hybridized carbons (Fsp3) is 0.125. The molecule has 2 N–H and O–H groups in total. The maximum atomic E-state index is 12.0. The molecule has 4 nitrogen and oxygen atoms in total. The van der Waals surface area contributed by atoms with E-state index in [4.69, 9.17) is 22.1 Å². The Morgan fingerprint density at radius 3 is 2.52 bits per heavy atom. The first-order valence-corrected chi connectivity index (χ1v) is 6.86. The zero-order chi connectivity index (χ0) is 15.2. The van der Waals surface area contributed by atoms with Crippen molar-refractivity contribution in [3.8, 4) is 11.1 Å². The van der Waals surface area contributed by atoms with Gasteiger partial charge in [0.25, 0.3) is 0 Å². The van der Waals surface area contributed by atoms with Crippen molar-refractivity contribution in [3.63, 3.8) is 0 Å². The van der Waals surface area contributed by atoms with E-state index in [9.17, 15) is 4.79 Å². The summed E-state index contributed by atoms with van der Waals surface area (Å²) < 4.78 is 4.84. The van der Waals surface area contributed by atoms with Crippen LogP contribution < -0.4 is 5.73 Å². The molecule has 2 rings (SSSR count). The summed E-state index contributed by atoms with van der Waals surface area (Å²) >= 11 is 5.68. The number of methoxy groups -OCH3 is 1. The van der Waals surface area contributed by atoms with E-state index in [0.29, 0.717) is 16.8 Å². The number of rotatable bonds is 4. The average Bonchev–Trinajstić information content (AvgIpc) is 2.54. The van der Waals surface area contributed by atoms with Crippen LogP contribution in [0.3, 0.4) is 0 Å². The van der Waals surface area contributed by atoms with Crippen molar-refractivity contribution in [2.24, 2.45) is 10.7 Å². The van der Waals surface area contributed by atoms with Crippen LogP contribution in [0.5, 0.6) is 0 Å². The Labute approximate surface area is 128 Å². The zero-order valence-electron chi connectivity index (χ0n) is 11.5. The van der Waals surface area contributed by atoms with Crippen molar-refractivity contribution in [2.75, 3.05) is 13.0 Å². The highest BCUT2D eigenvalue weighted by Gasteiger charge is 2.16. The molecule has 108 valence electrons. The van der Waals surface area contributed by atoms with E-state index in [1.807, 2.05) is 30.3 Å². The number of carbonyl (C=O) groups excluding carboxylic acids is 1. The van der Waals surface area contributed by atoms with Gasteiger partial charge < -0.3 is 10.5 Å². The van der Waals surface area contributed by atoms with Crippen molar-refractivity contribution >= 4 is 29.1 Å². The molecule has 0 unspecified atom stereocenters. The lowest BCUT2D eigenvalue weighted by Gasteiger charge is -2.11. The first kappa shape index (κ1) is 15.1. The molecule has 2 aromatic carbocycles. The highest BCUT2D eigenvalue weighted by Crippen LogP contribution is 2.34. The second kappa shape index (κ2) is 6.90. The number of hydrogen-bond donors (Lipinski definition) is 1. The number of amidine groups is 1. The molecular formula is C16H15ClN2O2. The number of ether oxygens (including phenoxy) is 1. The van der Waals surface area contributed by atoms with Gasteiger partial charge in [-0.25, -0.2) is 9.79 Å². The summed E-state index contributed by atoms with van der Waals surface area (Å²) in [6.07, 6.45) is 0. The second-order valence-corrected chi connectivity index (χ2v) is 4.56. The molecule has 0 heterocycles. The van der Waals surface area contributed by atoms with Gasteiger partial charge in [-0.1, -0.05) is 36.4 Å². The van der Waals surface area contributed by atoms with E-state index >= 15 is 0 Å². The van der Waals surface area contributed by atoms with Crippen LogP contribution in [0.4, 0.5) is 5.69 Å². The first-order valence-electron chi connectivity index (χ1n) is 6.33. The van der Waals surface area contributed by atoms with Crippen LogP contribution >= 0.6 is 11.6 Å². The van der Waals surface area contributed by atoms with E-state index in [-0.39, 0.29) is 11.7 Å². The van der Waals surface area contributed by atoms with Crippen LogP contribution in [-0.2, 0) is 4.74 Å². The zero-order valence-corrected chi connectivity index (χ0v) is 12.3. The minimum Gasteiger partial charge on any atom is -0.465 e. The predicted molar refractivity (Wildman–Crippen MR) is 85.2 cm³/mol. The van der Waals surface area contributed by atoms with E-state index in [0.717, 1.165) is 5.56 Å². The Morgan fingerprint density at radius 1 is 1.19 bits per heavy atom. The predicted octanol–water partition coefficient (Wildman–Crippen LogP) is 3.37. The Kier molecular flexibility index (Phi) is 4.95. The third-order valence-corrected chi connectivity index (χ3v) is 3.19. The van der Waals surface area contributed by atoms with Gasteiger partial charge >= 0.3 is 5.97 Å². The molecule has 0 spiro atoms. The standard InChI is InChI=1S/C16H15ClN2O2/c1-21-16(20)12-8-5-9-13(19-14(18)10-17)15(12)11-6-3-2-4-7-11/h2-9H,10H2,1H3,(H2,18,19). The number of alkyl halides is 1. The minimum atomic E-state index is -0.421. The molecule has 0 aromatic heterocycles. The van der Waals surface area contributed by atoms with E-state index in [2.05, 4.69) is 4.99 Å². The summed E-state index contributed by atoms with van der Waals surface area (Å²) in [6.45, 7) is 0. The third-order valence-electron chi connectivity index (χ3n) is 2.91. The lowest BCUT2D eigenvalue weighted by molar-refractivity contribution is 0.0601. The van der Waals surface area contributed by atoms with Gasteiger partial charge in [-0.15, -0.1) is 11.6 Å². The van der Waals surface area contributed by atoms with Crippen LogP contribution in [0.1, 0.15) is 10.4 Å². The Bertz CT molecular complexity index is 669. The maximum Gasteiger partial charge on any atom is 0.338 e. The molecule has 0 radical (unpaired) electrons. The van der Waals surface area contributed by atoms with E-state index < -0.39 is 5.97 Å². The SMILES string of the molecule is COC(=O)c1cccc(N=C(N)CCl)c1-c1ccccc1. The van der Waals surface area contributed by atoms with E-state index in [1.165, 1.54) is 7.11 Å². The van der Waals surface area contributed by atoms with Crippen molar-refractivity contribution in [2.45, 2.75) is 0 Å². The maximum absolute atomic E-state index is 12.0. The number of nitrogens with zero attached hydrogens (tertiary/aromatic N) is 1. The molecule has 21 heavy (non-hydrogen) atoms. The van der Waals surface area contributed by atoms with Crippen molar-refractivity contribution in [1.29, 1.82) is 0 Å². The second-order valence-electron chi connectivity index (χ2n) is 4.29. The van der Waals surface area contributed by atoms with Crippen LogP contribution in [-0.4, -0.2) is 24.8 Å². The van der Waals surface area contributed by atoms with Crippen molar-refractivity contribution in [1.82, 2.24) is 0 Å². The summed E-state index contributed by atoms with van der Waals surface area (Å²) in [4.78, 5) is 16.3. The summed E-state index contributed by atoms with van der Waals surface area (Å²) in [7, 11) is 1.35. The van der Waals surface area contributed by atoms with Gasteiger partial charge in [0.1, 0.15) is 5.84 Å². The highest BCUT2D eigenvalue weighted by molar-refractivity contribution is 6.28. The number of carbonyl (C=O) groups is 1. The first-order chi connectivity index (χ1) is 10.2. The molecule has 0 aliphatic carbocycles. The topological polar surface area (TPSA) is 64.7 Å². The Balaban J connectivity index is 2.69. The van der Waals surface area contributed by atoms with Crippen LogP contribution in [0.15, 0.2) is 53.5 Å². The fourth-order valence-corrected chi connectivity index (χ4v) is 2.07. The summed E-state index contributed by atoms with van der Waals surface area (Å²) in [6, 6.07) is 14.7. The van der Waals surface area contributed by atoms with Crippen molar-refractivity contribution in [3.05, 3.63) is 54.1 Å². The fourth-order valence-electron chi connectivity index (χ4n) is 2.01. The summed E-state index contributed by atoms with van der Waals surface area (Å²) in [5.41, 5.74) is 8.27. The highest BCUT2D eigenvalue weighted by atomic mass is 35.5. The number of esters is 1. The summed E-state index contributed by atoms with van der Waals surface area (Å²) in [5.74, 6) is -0.0114. The molecule has 2 aromatic rings. The van der Waals surface area contributed by atoms with Gasteiger partial charge in [0.15, 0.2) is 0 Å². The number of benzene rings is 2. The molecule has 0 saturated heterocycles. The number of nitrogens with two attached hydrogens (primary N) is 1. The molecule has 0 bridgehead atoms. The molecule has 5 heteroatoms. The van der Waals surface area contributed by atoms with Gasteiger partial charge in [0.05, 0.1) is 24.2 Å². The molecule has 0 fully saturated rings. The van der Waals surface area contributed by atoms with Gasteiger partial charge in [-0.2, -0.15) is 0 Å². The van der Waals surface area contributed by atoms with Crippen molar-refractivity contribution < 1.29 is 9.53 Å². The largest absolute Gasteiger partial charge is 0.465 e. The normalized spacial score (nSPS) is 11.2. The number of hydrogen-bond acceptors (Lipinski definition) is 3. The molecule has 0 aliphatic heterocycles. The average molecular weight is 303 g/mol. The Morgan fingerprint density at radius 2 is 1.90 bits per heavy atom. The lowest BCUT2D eigenvalue weighted by Crippen LogP contribution is -2.12. The Hall–Kier alpha value is -2.33. The third kappa shape index (κ3) is 3.41. The minimum absolute atomic E-state index is 0.122. The molecule has 0 aliphatic rings. The monoisotopic (exact) mass is 302 g/mol. The molecule has 0 saturated carbocycles. The van der Waals surface area contributed by atoms with Gasteiger partial charge in [0.2, 0.25) is 0 Å². The van der Waals surface area contributed by atoms with Crippen LogP contribution in [0.25, 0.3) is 11.1 Å². The smallest absolute Gasteiger partial charge is 0.338 e.